The highest BCUT2D eigenvalue weighted by Gasteiger charge is 2.69. The lowest BCUT2D eigenvalue weighted by Crippen LogP contribution is -2.34. The van der Waals surface area contributed by atoms with Crippen LogP contribution in [0.1, 0.15) is 66.2 Å². The highest BCUT2D eigenvalue weighted by molar-refractivity contribution is 8.01. The molecule has 4 heteroatoms. The number of ether oxygens (including phenoxy) is 1. The van der Waals surface area contributed by atoms with Gasteiger partial charge in [0.05, 0.1) is 0 Å². The van der Waals surface area contributed by atoms with Crippen molar-refractivity contribution in [1.82, 2.24) is 0 Å². The molecular formula is C18H22O3S. The number of hydrogen-bond acceptors (Lipinski definition) is 4. The van der Waals surface area contributed by atoms with Crippen molar-refractivity contribution in [2.24, 2.45) is 0 Å². The molecule has 118 valence electrons. The van der Waals surface area contributed by atoms with Gasteiger partial charge in [0.2, 0.25) is 10.7 Å². The summed E-state index contributed by atoms with van der Waals surface area (Å²) in [6.45, 7) is 2.21. The molecule has 1 aromatic rings. The number of thioether (sulfide) groups is 1. The van der Waals surface area contributed by atoms with E-state index in [1.807, 2.05) is 0 Å². The van der Waals surface area contributed by atoms with Gasteiger partial charge in [0, 0.05) is 11.1 Å². The number of Topliss-reactive ketones (excluding diaryl/α,β-unsaturated/α-hetero) is 2. The van der Waals surface area contributed by atoms with Gasteiger partial charge in [-0.1, -0.05) is 63.3 Å². The van der Waals surface area contributed by atoms with Crippen LogP contribution < -0.4 is 0 Å². The summed E-state index contributed by atoms with van der Waals surface area (Å²) in [7, 11) is 0. The van der Waals surface area contributed by atoms with Gasteiger partial charge in [0.15, 0.2) is 11.9 Å². The Bertz CT molecular complexity index is 583. The summed E-state index contributed by atoms with van der Waals surface area (Å²) < 4.78 is 5.58. The number of unbranched alkanes of at least 4 members (excludes halogenated alkanes) is 5. The van der Waals surface area contributed by atoms with E-state index in [-0.39, 0.29) is 11.6 Å². The molecule has 0 aromatic heterocycles. The first-order valence-electron chi connectivity index (χ1n) is 8.20. The van der Waals surface area contributed by atoms with E-state index in [1.54, 1.807) is 24.3 Å². The minimum atomic E-state index is -0.908. The molecule has 2 aliphatic rings. The molecule has 1 aliphatic heterocycles. The molecule has 0 N–H and O–H groups in total. The second-order valence-electron chi connectivity index (χ2n) is 6.02. The van der Waals surface area contributed by atoms with E-state index in [1.165, 1.54) is 43.9 Å². The topological polar surface area (TPSA) is 46.7 Å². The SMILES string of the molecule is CCCCCCCCSC12OC1C(=O)c1ccccc1C2=O. The van der Waals surface area contributed by atoms with E-state index in [0.717, 1.165) is 12.2 Å². The molecule has 0 amide bonds. The number of benzene rings is 1. The van der Waals surface area contributed by atoms with Gasteiger partial charge in [-0.2, -0.15) is 0 Å². The average Bonchev–Trinajstić information content (AvgIpc) is 3.28. The van der Waals surface area contributed by atoms with Crippen molar-refractivity contribution in [3.05, 3.63) is 35.4 Å². The van der Waals surface area contributed by atoms with E-state index in [0.29, 0.717) is 11.1 Å². The lowest BCUT2D eigenvalue weighted by atomic mass is 9.89. The summed E-state index contributed by atoms with van der Waals surface area (Å²) >= 11 is 1.52. The Hall–Kier alpha value is -1.13. The zero-order valence-corrected chi connectivity index (χ0v) is 13.8. The van der Waals surface area contributed by atoms with E-state index in [4.69, 9.17) is 4.74 Å². The largest absolute Gasteiger partial charge is 0.337 e. The smallest absolute Gasteiger partial charge is 0.211 e. The molecule has 2 unspecified atom stereocenters. The third kappa shape index (κ3) is 2.74. The molecule has 1 saturated heterocycles. The van der Waals surface area contributed by atoms with Crippen LogP contribution in [0, 0.1) is 0 Å². The molecule has 0 saturated carbocycles. The molecule has 0 radical (unpaired) electrons. The Balaban J connectivity index is 1.55. The molecular weight excluding hydrogens is 296 g/mol. The van der Waals surface area contributed by atoms with Gasteiger partial charge in [0.25, 0.3) is 0 Å². The molecule has 3 rings (SSSR count). The lowest BCUT2D eigenvalue weighted by Gasteiger charge is -2.17. The summed E-state index contributed by atoms with van der Waals surface area (Å²) in [6, 6.07) is 7.06. The van der Waals surface area contributed by atoms with Crippen molar-refractivity contribution in [2.75, 3.05) is 5.75 Å². The molecule has 3 nitrogen and oxygen atoms in total. The zero-order chi connectivity index (χ0) is 15.6. The average molecular weight is 318 g/mol. The monoisotopic (exact) mass is 318 g/mol. The number of ketones is 2. The third-order valence-electron chi connectivity index (χ3n) is 4.39. The van der Waals surface area contributed by atoms with Crippen LogP contribution in [0.25, 0.3) is 0 Å². The molecule has 1 aromatic carbocycles. The summed E-state index contributed by atoms with van der Waals surface area (Å²) in [5.74, 6) is 0.818. The predicted molar refractivity (Wildman–Crippen MR) is 88.5 cm³/mol. The first kappa shape index (κ1) is 15.8. The van der Waals surface area contributed by atoms with Crippen molar-refractivity contribution in [3.8, 4) is 0 Å². The van der Waals surface area contributed by atoms with E-state index in [2.05, 4.69) is 6.92 Å². The number of carbonyl (C=O) groups excluding carboxylic acids is 2. The normalized spacial score (nSPS) is 25.8. The number of fused-ring (bicyclic) bond motifs is 2. The fraction of sp³-hybridized carbons (Fsp3) is 0.556. The van der Waals surface area contributed by atoms with E-state index >= 15 is 0 Å². The van der Waals surface area contributed by atoms with Crippen molar-refractivity contribution in [1.29, 1.82) is 0 Å². The number of carbonyl (C=O) groups is 2. The Kier molecular flexibility index (Phi) is 4.69. The van der Waals surface area contributed by atoms with E-state index in [9.17, 15) is 9.59 Å². The van der Waals surface area contributed by atoms with Crippen molar-refractivity contribution >= 4 is 23.3 Å². The maximum atomic E-state index is 12.6. The van der Waals surface area contributed by atoms with Crippen LogP contribution >= 0.6 is 11.8 Å². The van der Waals surface area contributed by atoms with Gasteiger partial charge in [0.1, 0.15) is 0 Å². The maximum Gasteiger partial charge on any atom is 0.211 e. The van der Waals surface area contributed by atoms with Crippen LogP contribution in [0.4, 0.5) is 0 Å². The van der Waals surface area contributed by atoms with Crippen LogP contribution in [0.15, 0.2) is 24.3 Å². The molecule has 0 bridgehead atoms. The van der Waals surface area contributed by atoms with Crippen LogP contribution in [-0.2, 0) is 4.74 Å². The van der Waals surface area contributed by atoms with Gasteiger partial charge in [-0.05, 0) is 12.2 Å². The lowest BCUT2D eigenvalue weighted by molar-refractivity contribution is 0.0911. The minimum absolute atomic E-state index is 0.0244. The van der Waals surface area contributed by atoms with Crippen molar-refractivity contribution in [2.45, 2.75) is 56.5 Å². The zero-order valence-electron chi connectivity index (χ0n) is 13.0. The fourth-order valence-corrected chi connectivity index (χ4v) is 4.36. The van der Waals surface area contributed by atoms with Gasteiger partial charge >= 0.3 is 0 Å². The van der Waals surface area contributed by atoms with Crippen LogP contribution in [-0.4, -0.2) is 28.4 Å². The van der Waals surface area contributed by atoms with Crippen LogP contribution in [0.5, 0.6) is 0 Å². The minimum Gasteiger partial charge on any atom is -0.337 e. The quantitative estimate of drug-likeness (QED) is 0.531. The summed E-state index contributed by atoms with van der Waals surface area (Å²) in [4.78, 5) is 24.1. The highest BCUT2D eigenvalue weighted by atomic mass is 32.2. The number of epoxide rings is 1. The van der Waals surface area contributed by atoms with Gasteiger partial charge in [-0.25, -0.2) is 0 Å². The molecule has 1 fully saturated rings. The molecule has 1 aliphatic carbocycles. The van der Waals surface area contributed by atoms with Crippen molar-refractivity contribution in [3.63, 3.8) is 0 Å². The second kappa shape index (κ2) is 6.55. The second-order valence-corrected chi connectivity index (χ2v) is 7.32. The van der Waals surface area contributed by atoms with Gasteiger partial charge in [-0.15, -0.1) is 11.8 Å². The Morgan fingerprint density at radius 2 is 1.73 bits per heavy atom. The summed E-state index contributed by atoms with van der Waals surface area (Å²) in [5, 5.41) is 0. The van der Waals surface area contributed by atoms with Crippen LogP contribution in [0.2, 0.25) is 0 Å². The Morgan fingerprint density at radius 1 is 1.05 bits per heavy atom. The molecule has 2 atom stereocenters. The molecule has 22 heavy (non-hydrogen) atoms. The summed E-state index contributed by atoms with van der Waals surface area (Å²) in [6.07, 6.45) is 6.80. The number of hydrogen-bond donors (Lipinski definition) is 0. The molecule has 1 heterocycles. The first-order valence-corrected chi connectivity index (χ1v) is 9.19. The summed E-state index contributed by atoms with van der Waals surface area (Å²) in [5.41, 5.74) is 1.04. The fourth-order valence-electron chi connectivity index (χ4n) is 3.05. The standard InChI is InChI=1S/C18H22O3S/c1-2-3-4-5-6-9-12-22-18-16(20)14-11-8-7-10-13(14)15(19)17(18)21-18/h7-8,10-11,17H,2-6,9,12H2,1H3. The maximum absolute atomic E-state index is 12.6. The van der Waals surface area contributed by atoms with Gasteiger partial charge in [-0.3, -0.25) is 9.59 Å². The predicted octanol–water partition coefficient (Wildman–Crippen LogP) is 4.25. The highest BCUT2D eigenvalue weighted by Crippen LogP contribution is 2.53. The third-order valence-corrected chi connectivity index (χ3v) is 5.80. The van der Waals surface area contributed by atoms with Gasteiger partial charge < -0.3 is 4.74 Å². The van der Waals surface area contributed by atoms with E-state index < -0.39 is 11.0 Å². The van der Waals surface area contributed by atoms with Crippen molar-refractivity contribution < 1.29 is 14.3 Å². The Morgan fingerprint density at radius 3 is 2.50 bits per heavy atom. The first-order chi connectivity index (χ1) is 10.7. The Labute approximate surface area is 135 Å². The van der Waals surface area contributed by atoms with Crippen LogP contribution in [0.3, 0.4) is 0 Å². The number of rotatable bonds is 8. The molecule has 0 spiro atoms.